The zero-order valence-corrected chi connectivity index (χ0v) is 23.5. The molecule has 4 rings (SSSR count). The van der Waals surface area contributed by atoms with Crippen molar-refractivity contribution in [1.82, 2.24) is 0 Å². The molecule has 0 aliphatic carbocycles. The molecule has 264 valence electrons. The first kappa shape index (κ1) is 37.0. The van der Waals surface area contributed by atoms with E-state index in [0.717, 1.165) is 0 Å². The minimum absolute atomic E-state index is 0.791. The standard InChI is InChI=1S/C24H42O21/c25-1-5-10(30)14(34)18(21(38)39-5)43-23-20(16(36)12(32)7(3-27)41-23)45-24-19(15(35)11(31)8(4-28)42-24)44-22-17(37)13(33)9(29)6(2-26)40-22/h5-38H,1-4H2/t5-,6-,7-,8-,9-,10-,11-,12-,13+,14+,15+,16+,17-,18-,19-,20-,21+,22+,23+,24+/m1/s1. The lowest BCUT2D eigenvalue weighted by Crippen LogP contribution is -2.68. The van der Waals surface area contributed by atoms with Crippen molar-refractivity contribution in [3.8, 4) is 0 Å². The molecule has 0 spiro atoms. The maximum absolute atomic E-state index is 11.0. The van der Waals surface area contributed by atoms with Gasteiger partial charge in [0.05, 0.1) is 26.4 Å². The van der Waals surface area contributed by atoms with E-state index in [0.29, 0.717) is 0 Å². The summed E-state index contributed by atoms with van der Waals surface area (Å²) < 4.78 is 38.3. The van der Waals surface area contributed by atoms with Crippen LogP contribution in [0.2, 0.25) is 0 Å². The molecule has 0 aromatic heterocycles. The Balaban J connectivity index is 1.61. The molecule has 0 aromatic rings. The van der Waals surface area contributed by atoms with E-state index >= 15 is 0 Å². The van der Waals surface area contributed by atoms with Crippen LogP contribution in [0.25, 0.3) is 0 Å². The normalized spacial score (nSPS) is 52.9. The van der Waals surface area contributed by atoms with Gasteiger partial charge in [0, 0.05) is 0 Å². The number of rotatable bonds is 10. The lowest BCUT2D eigenvalue weighted by atomic mass is 9.96. The molecule has 20 atom stereocenters. The second-order valence-electron chi connectivity index (χ2n) is 11.1. The molecule has 4 saturated heterocycles. The Morgan fingerprint density at radius 3 is 1.07 bits per heavy atom. The smallest absolute Gasteiger partial charge is 0.187 e. The summed E-state index contributed by atoms with van der Waals surface area (Å²) in [5, 5.41) is 143. The van der Waals surface area contributed by atoms with Crippen LogP contribution < -0.4 is 0 Å². The largest absolute Gasteiger partial charge is 0.394 e. The average Bonchev–Trinajstić information content (AvgIpc) is 3.03. The number of hydrogen-bond acceptors (Lipinski definition) is 21. The van der Waals surface area contributed by atoms with Crippen LogP contribution in [0.4, 0.5) is 0 Å². The van der Waals surface area contributed by atoms with Gasteiger partial charge in [-0.1, -0.05) is 0 Å². The third kappa shape index (κ3) is 7.44. The summed E-state index contributed by atoms with van der Waals surface area (Å²) in [6.45, 7) is -3.41. The number of aliphatic hydroxyl groups excluding tert-OH is 14. The Hall–Kier alpha value is -0.840. The molecule has 0 amide bonds. The molecule has 0 radical (unpaired) electrons. The number of hydrogen-bond donors (Lipinski definition) is 14. The third-order valence-electron chi connectivity index (χ3n) is 8.21. The van der Waals surface area contributed by atoms with E-state index < -0.39 is 149 Å². The molecule has 21 heteroatoms. The Labute approximate surface area is 254 Å². The van der Waals surface area contributed by atoms with E-state index in [9.17, 15) is 71.5 Å². The highest BCUT2D eigenvalue weighted by Gasteiger charge is 2.55. The molecule has 0 unspecified atom stereocenters. The molecule has 4 heterocycles. The first-order chi connectivity index (χ1) is 21.3. The van der Waals surface area contributed by atoms with E-state index in [4.69, 9.17) is 33.2 Å². The second-order valence-corrected chi connectivity index (χ2v) is 11.1. The molecule has 45 heavy (non-hydrogen) atoms. The van der Waals surface area contributed by atoms with E-state index in [1.54, 1.807) is 0 Å². The van der Waals surface area contributed by atoms with Crippen LogP contribution in [0, 0.1) is 0 Å². The Morgan fingerprint density at radius 1 is 0.333 bits per heavy atom. The number of ether oxygens (including phenoxy) is 7. The van der Waals surface area contributed by atoms with Crippen LogP contribution in [0.5, 0.6) is 0 Å². The van der Waals surface area contributed by atoms with Crippen LogP contribution >= 0.6 is 0 Å². The summed E-state index contributed by atoms with van der Waals surface area (Å²) in [6.07, 6.45) is -36.6. The Morgan fingerprint density at radius 2 is 0.644 bits per heavy atom. The molecule has 4 aliphatic rings. The summed E-state index contributed by atoms with van der Waals surface area (Å²) in [6, 6.07) is 0. The van der Waals surface area contributed by atoms with Crippen molar-refractivity contribution in [2.75, 3.05) is 26.4 Å². The second kappa shape index (κ2) is 15.6. The zero-order chi connectivity index (χ0) is 33.3. The first-order valence-electron chi connectivity index (χ1n) is 14.1. The van der Waals surface area contributed by atoms with E-state index in [1.165, 1.54) is 0 Å². The fourth-order valence-electron chi connectivity index (χ4n) is 5.48. The zero-order valence-electron chi connectivity index (χ0n) is 23.5. The minimum Gasteiger partial charge on any atom is -0.394 e. The average molecular weight is 667 g/mol. The van der Waals surface area contributed by atoms with Gasteiger partial charge in [-0.25, -0.2) is 0 Å². The maximum atomic E-state index is 11.0. The van der Waals surface area contributed by atoms with Gasteiger partial charge in [-0.2, -0.15) is 0 Å². The van der Waals surface area contributed by atoms with Crippen molar-refractivity contribution in [1.29, 1.82) is 0 Å². The van der Waals surface area contributed by atoms with Crippen LogP contribution in [0.1, 0.15) is 0 Å². The molecule has 4 fully saturated rings. The highest BCUT2D eigenvalue weighted by atomic mass is 16.8. The molecule has 0 aromatic carbocycles. The Bertz CT molecular complexity index is 916. The van der Waals surface area contributed by atoms with Crippen LogP contribution in [0.15, 0.2) is 0 Å². The monoisotopic (exact) mass is 666 g/mol. The van der Waals surface area contributed by atoms with Crippen molar-refractivity contribution < 1.29 is 105 Å². The van der Waals surface area contributed by atoms with Gasteiger partial charge in [0.2, 0.25) is 0 Å². The Kier molecular flexibility index (Phi) is 12.8. The fourth-order valence-corrected chi connectivity index (χ4v) is 5.48. The summed E-state index contributed by atoms with van der Waals surface area (Å²) >= 11 is 0. The van der Waals surface area contributed by atoms with Gasteiger partial charge in [0.15, 0.2) is 25.2 Å². The van der Waals surface area contributed by atoms with Gasteiger partial charge in [-0.05, 0) is 0 Å². The summed E-state index contributed by atoms with van der Waals surface area (Å²) in [7, 11) is 0. The van der Waals surface area contributed by atoms with Crippen LogP contribution in [-0.4, -0.2) is 221 Å². The highest BCUT2D eigenvalue weighted by molar-refractivity contribution is 4.97. The van der Waals surface area contributed by atoms with Crippen LogP contribution in [0.3, 0.4) is 0 Å². The van der Waals surface area contributed by atoms with Gasteiger partial charge in [0.25, 0.3) is 0 Å². The number of aliphatic hydroxyl groups is 14. The van der Waals surface area contributed by atoms with Crippen molar-refractivity contribution in [2.24, 2.45) is 0 Å². The molecular formula is C24H42O21. The van der Waals surface area contributed by atoms with Gasteiger partial charge in [-0.3, -0.25) is 0 Å². The molecule has 21 nitrogen and oxygen atoms in total. The van der Waals surface area contributed by atoms with E-state index in [1.807, 2.05) is 0 Å². The lowest BCUT2D eigenvalue weighted by Gasteiger charge is -2.49. The van der Waals surface area contributed by atoms with Gasteiger partial charge in [-0.15, -0.1) is 0 Å². The summed E-state index contributed by atoms with van der Waals surface area (Å²) in [4.78, 5) is 0. The first-order valence-corrected chi connectivity index (χ1v) is 14.1. The third-order valence-corrected chi connectivity index (χ3v) is 8.21. The lowest BCUT2D eigenvalue weighted by molar-refractivity contribution is -0.405. The van der Waals surface area contributed by atoms with Gasteiger partial charge in [0.1, 0.15) is 97.7 Å². The van der Waals surface area contributed by atoms with E-state index in [2.05, 4.69) is 0 Å². The highest BCUT2D eigenvalue weighted by Crippen LogP contribution is 2.34. The fraction of sp³-hybridized carbons (Fsp3) is 1.00. The van der Waals surface area contributed by atoms with Crippen molar-refractivity contribution >= 4 is 0 Å². The summed E-state index contributed by atoms with van der Waals surface area (Å²) in [5.74, 6) is 0. The predicted octanol–water partition coefficient (Wildman–Crippen LogP) is -9.75. The van der Waals surface area contributed by atoms with Crippen molar-refractivity contribution in [3.63, 3.8) is 0 Å². The van der Waals surface area contributed by atoms with E-state index in [-0.39, 0.29) is 0 Å². The predicted molar refractivity (Wildman–Crippen MR) is 134 cm³/mol. The molecule has 0 saturated carbocycles. The minimum atomic E-state index is -2.03. The van der Waals surface area contributed by atoms with Gasteiger partial charge >= 0.3 is 0 Å². The molecule has 0 bridgehead atoms. The molecule has 14 N–H and O–H groups in total. The topological polar surface area (TPSA) is 348 Å². The molecule has 4 aliphatic heterocycles. The quantitative estimate of drug-likeness (QED) is 0.103. The van der Waals surface area contributed by atoms with Crippen molar-refractivity contribution in [3.05, 3.63) is 0 Å². The van der Waals surface area contributed by atoms with Crippen LogP contribution in [-0.2, 0) is 33.2 Å². The SMILES string of the molecule is OC[C@H]1O[C@@H](O[C@H]2[C@H](O[C@H]3[C@H](O[C@@H]4[C@@H](O)[C@H](O)[C@@H](CO)O[C@@H]4O)O[C@H](CO)[C@@H](O)[C@@H]3O)O[C@H](CO)[C@@H](O)[C@@H]2O)[C@H](O)[C@@H](O)[C@@H]1O. The van der Waals surface area contributed by atoms with Gasteiger partial charge < -0.3 is 105 Å². The van der Waals surface area contributed by atoms with Crippen molar-refractivity contribution in [2.45, 2.75) is 123 Å². The summed E-state index contributed by atoms with van der Waals surface area (Å²) in [5.41, 5.74) is 0. The maximum Gasteiger partial charge on any atom is 0.187 e. The molecular weight excluding hydrogens is 624 g/mol.